The molecule has 7 heteroatoms. The summed E-state index contributed by atoms with van der Waals surface area (Å²) in [7, 11) is -2.87. The van der Waals surface area contributed by atoms with Gasteiger partial charge in [-0.2, -0.15) is 0 Å². The van der Waals surface area contributed by atoms with Crippen molar-refractivity contribution >= 4 is 31.0 Å². The molecule has 1 N–H and O–H groups in total. The van der Waals surface area contributed by atoms with Gasteiger partial charge in [-0.1, -0.05) is 23.2 Å². The summed E-state index contributed by atoms with van der Waals surface area (Å²) >= 11 is 10.5. The van der Waals surface area contributed by atoms with Gasteiger partial charge < -0.3 is 4.89 Å². The molecule has 0 aliphatic heterocycles. The number of phosphoric acid groups is 1. The molecule has 0 fully saturated rings. The Morgan fingerprint density at radius 2 is 2.36 bits per heavy atom. The van der Waals surface area contributed by atoms with Crippen molar-refractivity contribution in [2.75, 3.05) is 13.7 Å². The second kappa shape index (κ2) is 5.14. The first-order valence-corrected chi connectivity index (χ1v) is 4.80. The summed E-state index contributed by atoms with van der Waals surface area (Å²) in [6, 6.07) is 0. The molecule has 0 spiro atoms. The van der Waals surface area contributed by atoms with Gasteiger partial charge in [0.1, 0.15) is 0 Å². The smallest absolute Gasteiger partial charge is 0.302 e. The van der Waals surface area contributed by atoms with Crippen molar-refractivity contribution in [2.45, 2.75) is 0 Å². The maximum absolute atomic E-state index is 10.6. The highest BCUT2D eigenvalue weighted by molar-refractivity contribution is 7.47. The molecule has 0 rings (SSSR count). The molecular weight excluding hydrogens is 214 g/mol. The molecule has 0 aromatic carbocycles. The fourth-order valence-corrected chi connectivity index (χ4v) is 0.829. The van der Waals surface area contributed by atoms with E-state index in [2.05, 4.69) is 9.05 Å². The summed E-state index contributed by atoms with van der Waals surface area (Å²) in [5.41, 5.74) is 1.04. The molecule has 0 aromatic rings. The van der Waals surface area contributed by atoms with Crippen LogP contribution in [0.1, 0.15) is 0 Å². The van der Waals surface area contributed by atoms with Gasteiger partial charge in [0.15, 0.2) is 0 Å². The number of rotatable bonds is 4. The normalized spacial score (nSPS) is 18.0. The fourth-order valence-electron chi connectivity index (χ4n) is 0.227. The summed E-state index contributed by atoms with van der Waals surface area (Å²) in [5.74, 6) is 0. The number of phosphoric ester groups is 1. The monoisotopic (exact) mass is 220 g/mol. The lowest BCUT2D eigenvalue weighted by atomic mass is 10.7. The predicted octanol–water partition coefficient (Wildman–Crippen LogP) is 2.07. The minimum Gasteiger partial charge on any atom is -0.302 e. The molecule has 0 amide bonds. The van der Waals surface area contributed by atoms with Crippen molar-refractivity contribution in [3.05, 3.63) is 10.6 Å². The highest BCUT2D eigenvalue weighted by atomic mass is 35.5. The lowest BCUT2D eigenvalue weighted by Gasteiger charge is -2.07. The SMILES string of the molecule is COP(=O)(O)OCC(Cl)=CCl. The molecule has 0 saturated heterocycles. The molecule has 11 heavy (non-hydrogen) atoms. The minimum absolute atomic E-state index is 0.123. The van der Waals surface area contributed by atoms with Crippen LogP contribution in [0.25, 0.3) is 0 Å². The van der Waals surface area contributed by atoms with E-state index in [1.807, 2.05) is 0 Å². The summed E-state index contributed by atoms with van der Waals surface area (Å²) in [6.07, 6.45) is 0. The van der Waals surface area contributed by atoms with E-state index in [4.69, 9.17) is 28.1 Å². The van der Waals surface area contributed by atoms with E-state index in [1.165, 1.54) is 0 Å². The van der Waals surface area contributed by atoms with Crippen molar-refractivity contribution in [3.8, 4) is 0 Å². The predicted molar refractivity (Wildman–Crippen MR) is 42.6 cm³/mol. The maximum Gasteiger partial charge on any atom is 0.472 e. The summed E-state index contributed by atoms with van der Waals surface area (Å²) in [6.45, 7) is -0.243. The lowest BCUT2D eigenvalue weighted by molar-refractivity contribution is 0.187. The van der Waals surface area contributed by atoms with Crippen LogP contribution in [0.3, 0.4) is 0 Å². The third-order valence-electron chi connectivity index (χ3n) is 0.715. The van der Waals surface area contributed by atoms with Crippen LogP contribution < -0.4 is 0 Å². The quantitative estimate of drug-likeness (QED) is 0.738. The van der Waals surface area contributed by atoms with Gasteiger partial charge in [0.05, 0.1) is 11.6 Å². The largest absolute Gasteiger partial charge is 0.472 e. The van der Waals surface area contributed by atoms with Gasteiger partial charge in [-0.15, -0.1) is 0 Å². The van der Waals surface area contributed by atoms with E-state index in [-0.39, 0.29) is 11.6 Å². The lowest BCUT2D eigenvalue weighted by Crippen LogP contribution is -1.93. The Bertz CT molecular complexity index is 193. The molecule has 0 radical (unpaired) electrons. The summed E-state index contributed by atoms with van der Waals surface area (Å²) in [4.78, 5) is 8.65. The third kappa shape index (κ3) is 5.67. The fraction of sp³-hybridized carbons (Fsp3) is 0.500. The van der Waals surface area contributed by atoms with Gasteiger partial charge in [-0.05, 0) is 0 Å². The van der Waals surface area contributed by atoms with E-state index < -0.39 is 7.82 Å². The molecule has 0 saturated carbocycles. The van der Waals surface area contributed by atoms with Crippen LogP contribution in [0.5, 0.6) is 0 Å². The molecule has 0 heterocycles. The van der Waals surface area contributed by atoms with Gasteiger partial charge in [-0.25, -0.2) is 4.57 Å². The summed E-state index contributed by atoms with van der Waals surface area (Å²) < 4.78 is 19.0. The van der Waals surface area contributed by atoms with E-state index >= 15 is 0 Å². The summed E-state index contributed by atoms with van der Waals surface area (Å²) in [5, 5.41) is 0.123. The Kier molecular flexibility index (Phi) is 5.34. The Hall–Kier alpha value is 0.430. The second-order valence-electron chi connectivity index (χ2n) is 1.48. The molecule has 1 unspecified atom stereocenters. The molecule has 1 atom stereocenters. The van der Waals surface area contributed by atoms with E-state index in [9.17, 15) is 4.57 Å². The Morgan fingerprint density at radius 3 is 2.73 bits per heavy atom. The van der Waals surface area contributed by atoms with Gasteiger partial charge in [0, 0.05) is 12.6 Å². The van der Waals surface area contributed by atoms with Crippen LogP contribution in [0, 0.1) is 0 Å². The van der Waals surface area contributed by atoms with Gasteiger partial charge >= 0.3 is 7.82 Å². The molecule has 0 aliphatic carbocycles. The van der Waals surface area contributed by atoms with Crippen LogP contribution in [0.15, 0.2) is 10.6 Å². The van der Waals surface area contributed by atoms with Crippen molar-refractivity contribution in [1.82, 2.24) is 0 Å². The van der Waals surface area contributed by atoms with Crippen LogP contribution in [0.4, 0.5) is 0 Å². The van der Waals surface area contributed by atoms with Crippen molar-refractivity contribution in [3.63, 3.8) is 0 Å². The van der Waals surface area contributed by atoms with Crippen molar-refractivity contribution < 1.29 is 18.5 Å². The maximum atomic E-state index is 10.6. The Morgan fingerprint density at radius 1 is 1.82 bits per heavy atom. The number of halogens is 2. The zero-order valence-corrected chi connectivity index (χ0v) is 8.07. The zero-order valence-electron chi connectivity index (χ0n) is 5.66. The first-order chi connectivity index (χ1) is 5.02. The average molecular weight is 221 g/mol. The molecule has 0 aliphatic rings. The molecule has 0 aromatic heterocycles. The van der Waals surface area contributed by atoms with Gasteiger partial charge in [0.2, 0.25) is 0 Å². The van der Waals surface area contributed by atoms with E-state index in [1.54, 1.807) is 0 Å². The van der Waals surface area contributed by atoms with Crippen molar-refractivity contribution in [2.24, 2.45) is 0 Å². The number of hydrogen-bond donors (Lipinski definition) is 1. The molecule has 66 valence electrons. The Balaban J connectivity index is 3.80. The first kappa shape index (κ1) is 11.4. The Labute approximate surface area is 74.3 Å². The molecular formula is C4H7Cl2O4P. The molecule has 4 nitrogen and oxygen atoms in total. The van der Waals surface area contributed by atoms with Crippen LogP contribution >= 0.6 is 31.0 Å². The van der Waals surface area contributed by atoms with Gasteiger partial charge in [0.25, 0.3) is 0 Å². The zero-order chi connectivity index (χ0) is 8.91. The minimum atomic E-state index is -3.92. The highest BCUT2D eigenvalue weighted by Crippen LogP contribution is 2.42. The topological polar surface area (TPSA) is 55.8 Å². The standard InChI is InChI=1S/C4H7Cl2O4P/c1-9-11(7,8)10-3-4(6)2-5/h2H,3H2,1H3,(H,7,8). The van der Waals surface area contributed by atoms with Crippen LogP contribution in [-0.2, 0) is 13.6 Å². The second-order valence-corrected chi connectivity index (χ2v) is 3.74. The molecule has 0 bridgehead atoms. The van der Waals surface area contributed by atoms with Crippen LogP contribution in [0.2, 0.25) is 0 Å². The van der Waals surface area contributed by atoms with Gasteiger partial charge in [-0.3, -0.25) is 9.05 Å². The average Bonchev–Trinajstić information content (AvgIpc) is 2.00. The van der Waals surface area contributed by atoms with E-state index in [0.717, 1.165) is 12.6 Å². The number of hydrogen-bond acceptors (Lipinski definition) is 3. The highest BCUT2D eigenvalue weighted by Gasteiger charge is 2.18. The van der Waals surface area contributed by atoms with Crippen LogP contribution in [-0.4, -0.2) is 18.6 Å². The van der Waals surface area contributed by atoms with E-state index in [0.29, 0.717) is 0 Å². The first-order valence-electron chi connectivity index (χ1n) is 2.49. The van der Waals surface area contributed by atoms with Crippen molar-refractivity contribution in [1.29, 1.82) is 0 Å². The third-order valence-corrected chi connectivity index (χ3v) is 2.22.